The molecule has 1 aliphatic heterocycles. The highest BCUT2D eigenvalue weighted by Crippen LogP contribution is 2.42. The smallest absolute Gasteiger partial charge is 0.170 e. The minimum Gasteiger partial charge on any atom is -0.352 e. The molecule has 1 N–H and O–H groups in total. The number of rotatable bonds is 3. The lowest BCUT2D eigenvalue weighted by molar-refractivity contribution is 0.197. The predicted octanol–water partition coefficient (Wildman–Crippen LogP) is 4.94. The van der Waals surface area contributed by atoms with Crippen LogP contribution >= 0.6 is 12.2 Å². The van der Waals surface area contributed by atoms with E-state index in [2.05, 4.69) is 71.1 Å². The number of pyridine rings is 1. The van der Waals surface area contributed by atoms with Crippen LogP contribution in [0.3, 0.4) is 0 Å². The van der Waals surface area contributed by atoms with E-state index in [9.17, 15) is 0 Å². The zero-order chi connectivity index (χ0) is 19.0. The Labute approximate surface area is 168 Å². The summed E-state index contributed by atoms with van der Waals surface area (Å²) >= 11 is 5.84. The summed E-state index contributed by atoms with van der Waals surface area (Å²) in [6.07, 6.45) is 12.8. The molecule has 0 bridgehead atoms. The molecule has 4 nitrogen and oxygen atoms in total. The van der Waals surface area contributed by atoms with Crippen LogP contribution in [0.1, 0.15) is 76.2 Å². The fraction of sp³-hybridized carbons (Fsp3) is 0.545. The van der Waals surface area contributed by atoms with Crippen molar-refractivity contribution in [2.24, 2.45) is 0 Å². The fourth-order valence-electron chi connectivity index (χ4n) is 4.48. The molecule has 4 rings (SSSR count). The van der Waals surface area contributed by atoms with Crippen molar-refractivity contribution in [3.63, 3.8) is 0 Å². The molecule has 0 amide bonds. The Morgan fingerprint density at radius 2 is 1.89 bits per heavy atom. The van der Waals surface area contributed by atoms with Gasteiger partial charge in [0.25, 0.3) is 0 Å². The van der Waals surface area contributed by atoms with E-state index in [1.165, 1.54) is 37.7 Å². The maximum Gasteiger partial charge on any atom is 0.170 e. The van der Waals surface area contributed by atoms with Crippen LogP contribution in [0.2, 0.25) is 0 Å². The van der Waals surface area contributed by atoms with Gasteiger partial charge in [-0.2, -0.15) is 0 Å². The molecule has 2 aliphatic rings. The van der Waals surface area contributed by atoms with Crippen molar-refractivity contribution < 1.29 is 0 Å². The maximum atomic E-state index is 5.84. The average Bonchev–Trinajstić information content (AvgIpc) is 3.27. The summed E-state index contributed by atoms with van der Waals surface area (Å²) in [5.74, 6) is 0. The first-order valence-corrected chi connectivity index (χ1v) is 10.5. The molecule has 2 aromatic heterocycles. The van der Waals surface area contributed by atoms with Gasteiger partial charge in [0.05, 0.1) is 17.8 Å². The average molecular weight is 383 g/mol. The van der Waals surface area contributed by atoms with Crippen molar-refractivity contribution in [2.75, 3.05) is 0 Å². The fourth-order valence-corrected chi connectivity index (χ4v) is 4.87. The number of nitrogens with zero attached hydrogens (tertiary/aromatic N) is 3. The van der Waals surface area contributed by atoms with Crippen LogP contribution in [0.25, 0.3) is 0 Å². The molecule has 3 heterocycles. The summed E-state index contributed by atoms with van der Waals surface area (Å²) in [5.41, 5.74) is 2.45. The van der Waals surface area contributed by atoms with E-state index in [1.807, 2.05) is 12.3 Å². The number of thiocarbonyl (C=S) groups is 1. The van der Waals surface area contributed by atoms with Crippen LogP contribution in [0, 0.1) is 0 Å². The van der Waals surface area contributed by atoms with E-state index in [0.29, 0.717) is 6.04 Å². The van der Waals surface area contributed by atoms with Gasteiger partial charge in [-0.1, -0.05) is 25.3 Å². The molecule has 0 spiro atoms. The first kappa shape index (κ1) is 18.5. The Kier molecular flexibility index (Phi) is 4.97. The highest BCUT2D eigenvalue weighted by molar-refractivity contribution is 7.80. The summed E-state index contributed by atoms with van der Waals surface area (Å²) in [6, 6.07) is 9.22. The molecular weight excluding hydrogens is 352 g/mol. The number of hydrogen-bond donors (Lipinski definition) is 1. The Morgan fingerprint density at radius 1 is 1.11 bits per heavy atom. The highest BCUT2D eigenvalue weighted by atomic mass is 32.1. The first-order valence-electron chi connectivity index (χ1n) is 10.1. The van der Waals surface area contributed by atoms with Crippen LogP contribution in [-0.4, -0.2) is 25.6 Å². The van der Waals surface area contributed by atoms with Gasteiger partial charge in [-0.05, 0) is 69.6 Å². The van der Waals surface area contributed by atoms with Gasteiger partial charge < -0.3 is 14.8 Å². The van der Waals surface area contributed by atoms with Crippen LogP contribution in [0.4, 0.5) is 0 Å². The summed E-state index contributed by atoms with van der Waals surface area (Å²) in [7, 11) is 0. The Bertz CT molecular complexity index is 786. The summed E-state index contributed by atoms with van der Waals surface area (Å²) in [4.78, 5) is 7.13. The third-order valence-corrected chi connectivity index (χ3v) is 6.26. The Hall–Kier alpha value is -1.88. The van der Waals surface area contributed by atoms with Crippen molar-refractivity contribution in [1.82, 2.24) is 19.8 Å². The Morgan fingerprint density at radius 3 is 2.52 bits per heavy atom. The van der Waals surface area contributed by atoms with Crippen molar-refractivity contribution in [2.45, 2.75) is 76.5 Å². The molecule has 1 aliphatic carbocycles. The van der Waals surface area contributed by atoms with Gasteiger partial charge in [-0.3, -0.25) is 4.98 Å². The zero-order valence-electron chi connectivity index (χ0n) is 16.6. The van der Waals surface area contributed by atoms with Crippen molar-refractivity contribution in [1.29, 1.82) is 0 Å². The second kappa shape index (κ2) is 7.27. The third-order valence-electron chi connectivity index (χ3n) is 5.94. The number of nitrogens with one attached hydrogen (secondary N) is 1. The molecule has 1 saturated carbocycles. The minimum atomic E-state index is 0.0704. The van der Waals surface area contributed by atoms with Crippen molar-refractivity contribution in [3.05, 3.63) is 54.1 Å². The van der Waals surface area contributed by atoms with Crippen LogP contribution in [0.15, 0.2) is 42.9 Å². The first-order chi connectivity index (χ1) is 12.9. The second-order valence-electron chi connectivity index (χ2n) is 8.85. The van der Waals surface area contributed by atoms with Crippen LogP contribution < -0.4 is 5.32 Å². The predicted molar refractivity (Wildman–Crippen MR) is 114 cm³/mol. The number of hydrogen-bond acceptors (Lipinski definition) is 2. The molecule has 2 atom stereocenters. The van der Waals surface area contributed by atoms with E-state index >= 15 is 0 Å². The molecule has 0 radical (unpaired) electrons. The van der Waals surface area contributed by atoms with Gasteiger partial charge in [-0.25, -0.2) is 0 Å². The van der Waals surface area contributed by atoms with Crippen molar-refractivity contribution >= 4 is 17.3 Å². The van der Waals surface area contributed by atoms with Gasteiger partial charge in [0.2, 0.25) is 0 Å². The molecule has 5 heteroatoms. The third kappa shape index (κ3) is 3.62. The second-order valence-corrected chi connectivity index (χ2v) is 9.24. The lowest BCUT2D eigenvalue weighted by Crippen LogP contribution is -2.40. The van der Waals surface area contributed by atoms with Crippen molar-refractivity contribution in [3.8, 4) is 0 Å². The van der Waals surface area contributed by atoms with Gasteiger partial charge in [0, 0.05) is 30.2 Å². The van der Waals surface area contributed by atoms with Gasteiger partial charge >= 0.3 is 0 Å². The van der Waals surface area contributed by atoms with E-state index < -0.39 is 0 Å². The standard InChI is InChI=1S/C22H30N4S/c1-22(2,3)25-14-12-16(15-25)20-19(18-11-7-8-13-23-18)24-21(27)26(20)17-9-5-4-6-10-17/h7-8,11-15,17,19-20H,4-6,9-10H2,1-3H3,(H,24,27)/t19-,20+/m1/s1. The maximum absolute atomic E-state index is 5.84. The topological polar surface area (TPSA) is 33.1 Å². The molecule has 144 valence electrons. The van der Waals surface area contributed by atoms with E-state index in [1.54, 1.807) is 0 Å². The van der Waals surface area contributed by atoms with E-state index in [0.717, 1.165) is 10.8 Å². The SMILES string of the molecule is CC(C)(C)n1ccc([C@H]2[C@@H](c3ccccn3)NC(=S)N2C2CCCCC2)c1. The number of aromatic nitrogens is 2. The minimum absolute atomic E-state index is 0.0704. The monoisotopic (exact) mass is 382 g/mol. The Balaban J connectivity index is 1.74. The molecule has 0 aromatic carbocycles. The van der Waals surface area contributed by atoms with E-state index in [4.69, 9.17) is 12.2 Å². The largest absolute Gasteiger partial charge is 0.352 e. The lowest BCUT2D eigenvalue weighted by Gasteiger charge is -2.37. The van der Waals surface area contributed by atoms with Gasteiger partial charge in [0.15, 0.2) is 5.11 Å². The molecule has 0 unspecified atom stereocenters. The van der Waals surface area contributed by atoms with E-state index in [-0.39, 0.29) is 17.6 Å². The van der Waals surface area contributed by atoms with Crippen LogP contribution in [0.5, 0.6) is 0 Å². The lowest BCUT2D eigenvalue weighted by atomic mass is 9.91. The normalized spacial score (nSPS) is 24.3. The quantitative estimate of drug-likeness (QED) is 0.762. The van der Waals surface area contributed by atoms with Gasteiger partial charge in [0.1, 0.15) is 0 Å². The molecule has 2 aromatic rings. The molecule has 2 fully saturated rings. The zero-order valence-corrected chi connectivity index (χ0v) is 17.4. The molecule has 27 heavy (non-hydrogen) atoms. The molecule has 1 saturated heterocycles. The van der Waals surface area contributed by atoms with Gasteiger partial charge in [-0.15, -0.1) is 0 Å². The summed E-state index contributed by atoms with van der Waals surface area (Å²) in [5, 5.41) is 4.48. The summed E-state index contributed by atoms with van der Waals surface area (Å²) in [6.45, 7) is 6.72. The summed E-state index contributed by atoms with van der Waals surface area (Å²) < 4.78 is 2.30. The van der Waals surface area contributed by atoms with Crippen LogP contribution in [-0.2, 0) is 5.54 Å². The highest BCUT2D eigenvalue weighted by Gasteiger charge is 2.43. The molecular formula is C22H30N4S.